The molecule has 1 aliphatic carbocycles. The third-order valence-electron chi connectivity index (χ3n) is 5.94. The number of carbonyl (C=O) groups excluding carboxylic acids is 1. The molecule has 0 atom stereocenters. The summed E-state index contributed by atoms with van der Waals surface area (Å²) in [4.78, 5) is 19.2. The van der Waals surface area contributed by atoms with E-state index in [1.54, 1.807) is 53.1 Å². The SMILES string of the molecule is C=CCN(Cc1cnc(S(=O)(=O)Cc2cccc(OC)c2)n1CC(C)C)C(=O)C1CCCC1. The lowest BCUT2D eigenvalue weighted by Crippen LogP contribution is -2.35. The monoisotopic (exact) mass is 473 g/mol. The van der Waals surface area contributed by atoms with Crippen LogP contribution >= 0.6 is 0 Å². The van der Waals surface area contributed by atoms with E-state index in [0.717, 1.165) is 31.4 Å². The summed E-state index contributed by atoms with van der Waals surface area (Å²) in [6, 6.07) is 7.05. The van der Waals surface area contributed by atoms with E-state index < -0.39 is 9.84 Å². The van der Waals surface area contributed by atoms with Crippen molar-refractivity contribution in [3.63, 3.8) is 0 Å². The third kappa shape index (κ3) is 6.25. The molecule has 1 aliphatic rings. The number of hydrogen-bond acceptors (Lipinski definition) is 5. The van der Waals surface area contributed by atoms with Gasteiger partial charge >= 0.3 is 0 Å². The number of amides is 1. The van der Waals surface area contributed by atoms with Crippen LogP contribution in [0.4, 0.5) is 0 Å². The first-order valence-corrected chi connectivity index (χ1v) is 13.2. The van der Waals surface area contributed by atoms with E-state index in [2.05, 4.69) is 11.6 Å². The first-order chi connectivity index (χ1) is 15.7. The number of methoxy groups -OCH3 is 1. The van der Waals surface area contributed by atoms with E-state index in [1.807, 2.05) is 13.8 Å². The van der Waals surface area contributed by atoms with Crippen LogP contribution < -0.4 is 4.74 Å². The van der Waals surface area contributed by atoms with Gasteiger partial charge in [0.2, 0.25) is 20.9 Å². The molecule has 0 spiro atoms. The van der Waals surface area contributed by atoms with Crippen LogP contribution in [0.2, 0.25) is 0 Å². The van der Waals surface area contributed by atoms with Crippen LogP contribution in [-0.2, 0) is 33.5 Å². The van der Waals surface area contributed by atoms with Gasteiger partial charge in [0, 0.05) is 19.0 Å². The number of carbonyl (C=O) groups is 1. The summed E-state index contributed by atoms with van der Waals surface area (Å²) in [5, 5.41) is 0.0425. The maximum atomic E-state index is 13.4. The second-order valence-electron chi connectivity index (χ2n) is 9.14. The number of benzene rings is 1. The van der Waals surface area contributed by atoms with Gasteiger partial charge in [-0.1, -0.05) is 44.9 Å². The maximum absolute atomic E-state index is 13.4. The minimum Gasteiger partial charge on any atom is -0.497 e. The zero-order valence-electron chi connectivity index (χ0n) is 19.9. The molecule has 3 rings (SSSR count). The predicted octanol–water partition coefficient (Wildman–Crippen LogP) is 4.23. The van der Waals surface area contributed by atoms with E-state index in [1.165, 1.54) is 0 Å². The van der Waals surface area contributed by atoms with Crippen molar-refractivity contribution in [3.8, 4) is 5.75 Å². The molecule has 1 aromatic heterocycles. The average Bonchev–Trinajstić information content (AvgIpc) is 3.43. The zero-order valence-corrected chi connectivity index (χ0v) is 20.7. The third-order valence-corrected chi connectivity index (χ3v) is 7.53. The van der Waals surface area contributed by atoms with Gasteiger partial charge in [-0.05, 0) is 36.5 Å². The summed E-state index contributed by atoms with van der Waals surface area (Å²) in [6.07, 6.45) is 7.30. The van der Waals surface area contributed by atoms with Gasteiger partial charge in [-0.25, -0.2) is 13.4 Å². The number of nitrogens with zero attached hydrogens (tertiary/aromatic N) is 3. The summed E-state index contributed by atoms with van der Waals surface area (Å²) in [7, 11) is -2.15. The van der Waals surface area contributed by atoms with Crippen molar-refractivity contribution in [2.45, 2.75) is 63.5 Å². The van der Waals surface area contributed by atoms with Crippen molar-refractivity contribution in [2.75, 3.05) is 13.7 Å². The number of ether oxygens (including phenoxy) is 1. The normalized spacial score (nSPS) is 14.5. The largest absolute Gasteiger partial charge is 0.497 e. The Balaban J connectivity index is 1.91. The van der Waals surface area contributed by atoms with Crippen LogP contribution in [0.1, 0.15) is 50.8 Å². The molecule has 1 heterocycles. The zero-order chi connectivity index (χ0) is 24.0. The van der Waals surface area contributed by atoms with Gasteiger partial charge < -0.3 is 14.2 Å². The van der Waals surface area contributed by atoms with Crippen molar-refractivity contribution in [1.29, 1.82) is 0 Å². The highest BCUT2D eigenvalue weighted by atomic mass is 32.2. The van der Waals surface area contributed by atoms with Gasteiger partial charge in [0.25, 0.3) is 0 Å². The molecule has 180 valence electrons. The van der Waals surface area contributed by atoms with E-state index in [4.69, 9.17) is 4.74 Å². The quantitative estimate of drug-likeness (QED) is 0.456. The molecule has 0 bridgehead atoms. The molecule has 0 radical (unpaired) electrons. The van der Waals surface area contributed by atoms with E-state index >= 15 is 0 Å². The lowest BCUT2D eigenvalue weighted by molar-refractivity contribution is -0.135. The molecule has 1 saturated carbocycles. The Morgan fingerprint density at radius 2 is 2.06 bits per heavy atom. The second-order valence-corrected chi connectivity index (χ2v) is 11.0. The minimum atomic E-state index is -3.71. The van der Waals surface area contributed by atoms with Crippen molar-refractivity contribution < 1.29 is 17.9 Å². The van der Waals surface area contributed by atoms with Crippen LogP contribution in [-0.4, -0.2) is 42.4 Å². The van der Waals surface area contributed by atoms with Gasteiger partial charge in [-0.3, -0.25) is 4.79 Å². The summed E-state index contributed by atoms with van der Waals surface area (Å²) < 4.78 is 33.7. The first kappa shape index (κ1) is 25.0. The van der Waals surface area contributed by atoms with Crippen LogP contribution in [0.15, 0.2) is 48.3 Å². The first-order valence-electron chi connectivity index (χ1n) is 11.5. The van der Waals surface area contributed by atoms with Crippen LogP contribution in [0.3, 0.4) is 0 Å². The van der Waals surface area contributed by atoms with E-state index in [0.29, 0.717) is 30.9 Å². The summed E-state index contributed by atoms with van der Waals surface area (Å²) >= 11 is 0. The number of aromatic nitrogens is 2. The van der Waals surface area contributed by atoms with Gasteiger partial charge in [-0.15, -0.1) is 6.58 Å². The van der Waals surface area contributed by atoms with Crippen molar-refractivity contribution in [1.82, 2.24) is 14.5 Å². The summed E-state index contributed by atoms with van der Waals surface area (Å²) in [5.74, 6) is 0.811. The molecule has 0 aliphatic heterocycles. The molecule has 0 N–H and O–H groups in total. The molecular formula is C25H35N3O4S. The molecular weight excluding hydrogens is 438 g/mol. The lowest BCUT2D eigenvalue weighted by Gasteiger charge is -2.25. The Morgan fingerprint density at radius 3 is 2.70 bits per heavy atom. The standard InChI is InChI=1S/C25H35N3O4S/c1-5-13-27(24(29)21-10-6-7-11-21)17-22-15-26-25(28(22)16-19(2)3)33(30,31)18-20-9-8-12-23(14-20)32-4/h5,8-9,12,14-15,19,21H,1,6-7,10-11,13,16-18H2,2-4H3. The molecule has 2 aromatic rings. The molecule has 33 heavy (non-hydrogen) atoms. The second kappa shape index (κ2) is 11.0. The van der Waals surface area contributed by atoms with Gasteiger partial charge in [0.05, 0.1) is 31.3 Å². The molecule has 0 saturated heterocycles. The van der Waals surface area contributed by atoms with Crippen LogP contribution in [0.5, 0.6) is 5.75 Å². The number of rotatable bonds is 11. The van der Waals surface area contributed by atoms with Gasteiger partial charge in [0.15, 0.2) is 0 Å². The van der Waals surface area contributed by atoms with Gasteiger partial charge in [0.1, 0.15) is 5.75 Å². The van der Waals surface area contributed by atoms with E-state index in [9.17, 15) is 13.2 Å². The molecule has 1 fully saturated rings. The number of sulfone groups is 1. The maximum Gasteiger partial charge on any atom is 0.228 e. The average molecular weight is 474 g/mol. The minimum absolute atomic E-state index is 0.0425. The van der Waals surface area contributed by atoms with Crippen molar-refractivity contribution in [3.05, 3.63) is 54.4 Å². The fourth-order valence-corrected chi connectivity index (χ4v) is 5.88. The van der Waals surface area contributed by atoms with Crippen LogP contribution in [0.25, 0.3) is 0 Å². The topological polar surface area (TPSA) is 81.5 Å². The molecule has 1 amide bonds. The molecule has 0 unspecified atom stereocenters. The Morgan fingerprint density at radius 1 is 1.33 bits per heavy atom. The van der Waals surface area contributed by atoms with Crippen molar-refractivity contribution in [2.24, 2.45) is 11.8 Å². The molecule has 1 aromatic carbocycles. The Labute approximate surface area is 197 Å². The lowest BCUT2D eigenvalue weighted by atomic mass is 10.1. The molecule has 8 heteroatoms. The Bertz CT molecular complexity index is 1070. The van der Waals surface area contributed by atoms with Crippen molar-refractivity contribution >= 4 is 15.7 Å². The fraction of sp³-hybridized carbons (Fsp3) is 0.520. The highest BCUT2D eigenvalue weighted by molar-refractivity contribution is 7.90. The Kier molecular flexibility index (Phi) is 8.35. The summed E-state index contributed by atoms with van der Waals surface area (Å²) in [6.45, 7) is 9.12. The highest BCUT2D eigenvalue weighted by Gasteiger charge is 2.29. The fourth-order valence-electron chi connectivity index (χ4n) is 4.39. The number of imidazole rings is 1. The molecule has 7 nitrogen and oxygen atoms in total. The van der Waals surface area contributed by atoms with Crippen LogP contribution in [0, 0.1) is 11.8 Å². The van der Waals surface area contributed by atoms with E-state index in [-0.39, 0.29) is 28.7 Å². The Hall–Kier alpha value is -2.61. The van der Waals surface area contributed by atoms with Gasteiger partial charge in [-0.2, -0.15) is 0 Å². The number of hydrogen-bond donors (Lipinski definition) is 0. The predicted molar refractivity (Wildman–Crippen MR) is 129 cm³/mol. The highest BCUT2D eigenvalue weighted by Crippen LogP contribution is 2.28. The smallest absolute Gasteiger partial charge is 0.228 e. The summed E-state index contributed by atoms with van der Waals surface area (Å²) in [5.41, 5.74) is 1.36.